The van der Waals surface area contributed by atoms with Gasteiger partial charge >= 0.3 is 6.09 Å². The first-order valence-electron chi connectivity index (χ1n) is 9.83. The van der Waals surface area contributed by atoms with E-state index >= 15 is 0 Å². The summed E-state index contributed by atoms with van der Waals surface area (Å²) in [6, 6.07) is 8.66. The lowest BCUT2D eigenvalue weighted by atomic mass is 9.93. The van der Waals surface area contributed by atoms with Crippen molar-refractivity contribution in [3.05, 3.63) is 59.9 Å². The maximum atomic E-state index is 13.9. The van der Waals surface area contributed by atoms with Crippen LogP contribution in [0.5, 0.6) is 17.2 Å². The molecule has 0 bridgehead atoms. The van der Waals surface area contributed by atoms with Gasteiger partial charge in [-0.1, -0.05) is 19.1 Å². The summed E-state index contributed by atoms with van der Waals surface area (Å²) in [6.45, 7) is 1.91. The van der Waals surface area contributed by atoms with E-state index in [2.05, 4.69) is 5.32 Å². The van der Waals surface area contributed by atoms with Gasteiger partial charge in [-0.15, -0.1) is 0 Å². The molecular weight excluding hydrogens is 423 g/mol. The molecular formula is C22H23FN2O7. The number of halogens is 1. The molecule has 10 heteroatoms. The Balaban J connectivity index is 1.71. The van der Waals surface area contributed by atoms with Gasteiger partial charge in [-0.25, -0.2) is 14.7 Å². The van der Waals surface area contributed by atoms with Crippen molar-refractivity contribution < 1.29 is 38.5 Å². The number of benzene rings is 2. The Hall–Kier alpha value is -3.79. The summed E-state index contributed by atoms with van der Waals surface area (Å²) in [5, 5.41) is 20.6. The highest BCUT2D eigenvalue weighted by atomic mass is 19.1. The number of phenolic OH excluding ortho intramolecular Hbond substituents is 1. The molecule has 0 aromatic heterocycles. The summed E-state index contributed by atoms with van der Waals surface area (Å²) in [5.74, 6) is -1.22. The van der Waals surface area contributed by atoms with Gasteiger partial charge in [0.25, 0.3) is 5.91 Å². The van der Waals surface area contributed by atoms with Crippen molar-refractivity contribution >= 4 is 17.7 Å². The van der Waals surface area contributed by atoms with Crippen molar-refractivity contribution in [3.63, 3.8) is 0 Å². The minimum atomic E-state index is -0.834. The molecule has 170 valence electrons. The van der Waals surface area contributed by atoms with Crippen LogP contribution >= 0.6 is 0 Å². The first-order valence-corrected chi connectivity index (χ1v) is 9.83. The Morgan fingerprint density at radius 2 is 2.00 bits per heavy atom. The van der Waals surface area contributed by atoms with Gasteiger partial charge in [0.05, 0.1) is 0 Å². The van der Waals surface area contributed by atoms with Gasteiger partial charge in [-0.3, -0.25) is 15.3 Å². The zero-order valence-electron chi connectivity index (χ0n) is 17.2. The van der Waals surface area contributed by atoms with E-state index in [0.29, 0.717) is 35.6 Å². The largest absolute Gasteiger partial charge is 0.505 e. The van der Waals surface area contributed by atoms with Gasteiger partial charge in [0.2, 0.25) is 6.79 Å². The Kier molecular flexibility index (Phi) is 7.50. The normalized spacial score (nSPS) is 14.1. The van der Waals surface area contributed by atoms with Crippen LogP contribution in [0.2, 0.25) is 0 Å². The summed E-state index contributed by atoms with van der Waals surface area (Å²) < 4.78 is 30.1. The predicted octanol–water partition coefficient (Wildman–Crippen LogP) is 4.03. The topological polar surface area (TPSA) is 126 Å². The van der Waals surface area contributed by atoms with E-state index in [1.54, 1.807) is 24.3 Å². The summed E-state index contributed by atoms with van der Waals surface area (Å²) in [7, 11) is 0. The molecule has 3 rings (SSSR count). The molecule has 0 fully saturated rings. The molecule has 9 nitrogen and oxygen atoms in total. The number of ether oxygens (including phenoxy) is 3. The third-order valence-electron chi connectivity index (χ3n) is 4.84. The molecule has 0 spiro atoms. The summed E-state index contributed by atoms with van der Waals surface area (Å²) >= 11 is 0. The number of hydrogen-bond acceptors (Lipinski definition) is 7. The lowest BCUT2D eigenvalue weighted by Crippen LogP contribution is -2.22. The standard InChI is InChI=1S/C22H23FN2O7/c1-13(4-2-3-5-20(27)25-29)21(14-6-8-17(26)16(23)10-14)32-22(28)24-15-7-9-18-19(11-15)31-12-30-18/h3,5-11,13,21,26,29H,2,4,12H2,1H3,(H,24,28)(H,25,27)/b5-3+/t13-,21-/m1/s1. The quantitative estimate of drug-likeness (QED) is 0.274. The molecule has 0 radical (unpaired) electrons. The van der Waals surface area contributed by atoms with Crippen molar-refractivity contribution in [1.82, 2.24) is 5.48 Å². The van der Waals surface area contributed by atoms with Crippen LogP contribution in [0.4, 0.5) is 14.9 Å². The van der Waals surface area contributed by atoms with Gasteiger partial charge in [0.1, 0.15) is 6.10 Å². The lowest BCUT2D eigenvalue weighted by Gasteiger charge is -2.25. The van der Waals surface area contributed by atoms with E-state index in [0.717, 1.165) is 6.07 Å². The molecule has 1 heterocycles. The van der Waals surface area contributed by atoms with E-state index in [4.69, 9.17) is 19.4 Å². The van der Waals surface area contributed by atoms with Gasteiger partial charge < -0.3 is 19.3 Å². The summed E-state index contributed by atoms with van der Waals surface area (Å²) in [5.41, 5.74) is 2.29. The molecule has 0 unspecified atom stereocenters. The second-order valence-corrected chi connectivity index (χ2v) is 7.16. The highest BCUT2D eigenvalue weighted by Crippen LogP contribution is 2.35. The second kappa shape index (κ2) is 10.5. The van der Waals surface area contributed by atoms with E-state index < -0.39 is 29.7 Å². The first kappa shape index (κ1) is 22.9. The van der Waals surface area contributed by atoms with Crippen molar-refractivity contribution in [1.29, 1.82) is 0 Å². The first-order chi connectivity index (χ1) is 15.4. The highest BCUT2D eigenvalue weighted by Gasteiger charge is 2.25. The molecule has 1 aliphatic rings. The molecule has 4 N–H and O–H groups in total. The van der Waals surface area contributed by atoms with Crippen LogP contribution in [0, 0.1) is 11.7 Å². The van der Waals surface area contributed by atoms with E-state index in [1.165, 1.54) is 23.7 Å². The second-order valence-electron chi connectivity index (χ2n) is 7.16. The van der Waals surface area contributed by atoms with Crippen LogP contribution in [-0.4, -0.2) is 29.1 Å². The fraction of sp³-hybridized carbons (Fsp3) is 0.273. The van der Waals surface area contributed by atoms with E-state index in [9.17, 15) is 19.1 Å². The number of carbonyl (C=O) groups is 2. The predicted molar refractivity (Wildman–Crippen MR) is 111 cm³/mol. The maximum Gasteiger partial charge on any atom is 0.412 e. The molecule has 0 saturated carbocycles. The van der Waals surface area contributed by atoms with E-state index in [1.807, 2.05) is 6.92 Å². The molecule has 1 aliphatic heterocycles. The SMILES string of the molecule is C[C@H](CC/C=C/C(=O)NO)[C@@H](OC(=O)Nc1ccc2c(c1)OCO2)c1ccc(O)c(F)c1. The minimum Gasteiger partial charge on any atom is -0.505 e. The summed E-state index contributed by atoms with van der Waals surface area (Å²) in [4.78, 5) is 23.6. The van der Waals surface area contributed by atoms with Crippen molar-refractivity contribution in [2.75, 3.05) is 12.1 Å². The van der Waals surface area contributed by atoms with Crippen LogP contribution in [0.15, 0.2) is 48.6 Å². The third kappa shape index (κ3) is 5.88. The Bertz CT molecular complexity index is 1010. The number of fused-ring (bicyclic) bond motifs is 1. The van der Waals surface area contributed by atoms with Crippen molar-refractivity contribution in [2.45, 2.75) is 25.9 Å². The highest BCUT2D eigenvalue weighted by molar-refractivity contribution is 5.86. The molecule has 0 saturated heterocycles. The molecule has 2 aromatic rings. The average molecular weight is 446 g/mol. The Morgan fingerprint density at radius 1 is 1.22 bits per heavy atom. The Morgan fingerprint density at radius 3 is 2.75 bits per heavy atom. The number of nitrogens with one attached hydrogen (secondary N) is 2. The fourth-order valence-corrected chi connectivity index (χ4v) is 3.19. The monoisotopic (exact) mass is 446 g/mol. The zero-order valence-corrected chi connectivity index (χ0v) is 17.2. The number of amides is 2. The van der Waals surface area contributed by atoms with Gasteiger partial charge in [-0.2, -0.15) is 0 Å². The van der Waals surface area contributed by atoms with Gasteiger partial charge in [0, 0.05) is 17.8 Å². The fourth-order valence-electron chi connectivity index (χ4n) is 3.19. The number of phenols is 1. The van der Waals surface area contributed by atoms with Gasteiger partial charge in [-0.05, 0) is 48.6 Å². The third-order valence-corrected chi connectivity index (χ3v) is 4.84. The van der Waals surface area contributed by atoms with Crippen LogP contribution in [0.25, 0.3) is 0 Å². The summed E-state index contributed by atoms with van der Waals surface area (Å²) in [6.07, 6.45) is 2.07. The molecule has 2 amide bonds. The van der Waals surface area contributed by atoms with Crippen LogP contribution < -0.4 is 20.3 Å². The molecule has 0 aliphatic carbocycles. The minimum absolute atomic E-state index is 0.101. The number of aromatic hydroxyl groups is 1. The number of hydrogen-bond donors (Lipinski definition) is 4. The zero-order chi connectivity index (χ0) is 23.1. The number of allylic oxidation sites excluding steroid dienone is 1. The molecule has 2 aromatic carbocycles. The average Bonchev–Trinajstić information content (AvgIpc) is 3.24. The van der Waals surface area contributed by atoms with Crippen molar-refractivity contribution in [3.8, 4) is 17.2 Å². The van der Waals surface area contributed by atoms with Crippen LogP contribution in [0.3, 0.4) is 0 Å². The smallest absolute Gasteiger partial charge is 0.412 e. The van der Waals surface area contributed by atoms with Crippen LogP contribution in [-0.2, 0) is 9.53 Å². The Labute approximate surface area is 183 Å². The number of hydroxylamine groups is 1. The number of rotatable bonds is 8. The van der Waals surface area contributed by atoms with Gasteiger partial charge in [0.15, 0.2) is 23.1 Å². The van der Waals surface area contributed by atoms with E-state index in [-0.39, 0.29) is 12.7 Å². The van der Waals surface area contributed by atoms with Crippen molar-refractivity contribution in [2.24, 2.45) is 5.92 Å². The molecule has 32 heavy (non-hydrogen) atoms. The number of anilines is 1. The maximum absolute atomic E-state index is 13.9. The molecule has 2 atom stereocenters. The lowest BCUT2D eigenvalue weighted by molar-refractivity contribution is -0.124. The number of carbonyl (C=O) groups excluding carboxylic acids is 2. The van der Waals surface area contributed by atoms with Crippen LogP contribution in [0.1, 0.15) is 31.4 Å².